The first-order valence-electron chi connectivity index (χ1n) is 3.60. The van der Waals surface area contributed by atoms with Crippen LogP contribution in [0.3, 0.4) is 0 Å². The third-order valence-electron chi connectivity index (χ3n) is 1.47. The van der Waals surface area contributed by atoms with Crippen molar-refractivity contribution < 1.29 is 5.03 Å². The van der Waals surface area contributed by atoms with Crippen molar-refractivity contribution in [3.63, 3.8) is 0 Å². The summed E-state index contributed by atoms with van der Waals surface area (Å²) in [5, 5.41) is 10.8. The molecule has 0 aromatic heterocycles. The normalized spacial score (nSPS) is 11.1. The van der Waals surface area contributed by atoms with E-state index < -0.39 is 5.03 Å². The zero-order valence-corrected chi connectivity index (χ0v) is 9.16. The molecular weight excluding hydrogens is 299 g/mol. The molecule has 14 heavy (non-hydrogen) atoms. The van der Waals surface area contributed by atoms with E-state index >= 15 is 0 Å². The van der Waals surface area contributed by atoms with Gasteiger partial charge in [0.2, 0.25) is 0 Å². The van der Waals surface area contributed by atoms with Crippen LogP contribution in [0, 0.1) is 10.1 Å². The molecule has 74 valence electrons. The summed E-state index contributed by atoms with van der Waals surface area (Å²) >= 11 is 1.61. The molecule has 0 atom stereocenters. The average Bonchev–Trinajstić information content (AvgIpc) is 2.19. The largest absolute Gasteiger partial charge is 0.364 e. The highest BCUT2D eigenvalue weighted by molar-refractivity contribution is 14.1. The monoisotopic (exact) mass is 306 g/mol. The van der Waals surface area contributed by atoms with Gasteiger partial charge in [0.05, 0.1) is 22.9 Å². The number of nitro groups is 1. The number of benzene rings is 1. The fourth-order valence-electron chi connectivity index (χ4n) is 0.915. The maximum absolute atomic E-state index is 10.7. The van der Waals surface area contributed by atoms with Gasteiger partial charge in [0.1, 0.15) is 5.69 Å². The SMILES string of the molecule is NC(=NI)N(c1ccccc1)[N+](=O)[O-]. The molecule has 7 heteroatoms. The molecule has 0 heterocycles. The summed E-state index contributed by atoms with van der Waals surface area (Å²) in [5.41, 5.74) is 5.75. The number of hydrogen-bond donors (Lipinski definition) is 1. The van der Waals surface area contributed by atoms with E-state index in [1.165, 1.54) is 0 Å². The van der Waals surface area contributed by atoms with Gasteiger partial charge in [-0.15, -0.1) is 0 Å². The second kappa shape index (κ2) is 4.74. The van der Waals surface area contributed by atoms with Crippen LogP contribution in [0.5, 0.6) is 0 Å². The Morgan fingerprint density at radius 3 is 2.50 bits per heavy atom. The predicted molar refractivity (Wildman–Crippen MR) is 61.6 cm³/mol. The van der Waals surface area contributed by atoms with Gasteiger partial charge in [-0.2, -0.15) is 3.21 Å². The minimum absolute atomic E-state index is 0.165. The van der Waals surface area contributed by atoms with Gasteiger partial charge >= 0.3 is 0 Å². The number of nitrogens with zero attached hydrogens (tertiary/aromatic N) is 3. The molecule has 0 radical (unpaired) electrons. The van der Waals surface area contributed by atoms with Gasteiger partial charge in [0.15, 0.2) is 5.03 Å². The summed E-state index contributed by atoms with van der Waals surface area (Å²) in [7, 11) is 0. The molecule has 2 N–H and O–H groups in total. The van der Waals surface area contributed by atoms with Gasteiger partial charge in [-0.1, -0.05) is 18.2 Å². The first-order valence-corrected chi connectivity index (χ1v) is 4.57. The van der Waals surface area contributed by atoms with Crippen LogP contribution < -0.4 is 10.7 Å². The smallest absolute Gasteiger partial charge is 0.271 e. The van der Waals surface area contributed by atoms with Gasteiger partial charge in [0.25, 0.3) is 5.96 Å². The summed E-state index contributed by atoms with van der Waals surface area (Å²) < 4.78 is 3.54. The van der Waals surface area contributed by atoms with Gasteiger partial charge in [-0.05, 0) is 17.1 Å². The van der Waals surface area contributed by atoms with E-state index in [-0.39, 0.29) is 5.96 Å². The Labute approximate surface area is 94.0 Å². The van der Waals surface area contributed by atoms with Crippen LogP contribution in [-0.2, 0) is 0 Å². The van der Waals surface area contributed by atoms with E-state index in [9.17, 15) is 10.1 Å². The standard InChI is InChI=1S/C7H7IN4O2/c8-10-7(9)11(12(13)14)6-4-2-1-3-5-6/h1-5H,(H2,9,10). The van der Waals surface area contributed by atoms with Crippen molar-refractivity contribution in [2.45, 2.75) is 0 Å². The van der Waals surface area contributed by atoms with Crippen LogP contribution in [0.1, 0.15) is 0 Å². The fourth-order valence-corrected chi connectivity index (χ4v) is 1.12. The van der Waals surface area contributed by atoms with Crippen molar-refractivity contribution in [2.75, 3.05) is 5.01 Å². The van der Waals surface area contributed by atoms with E-state index in [0.29, 0.717) is 10.7 Å². The molecule has 1 aromatic rings. The maximum Gasteiger partial charge on any atom is 0.271 e. The van der Waals surface area contributed by atoms with Crippen molar-refractivity contribution in [3.8, 4) is 0 Å². The van der Waals surface area contributed by atoms with Crippen LogP contribution in [0.2, 0.25) is 0 Å². The van der Waals surface area contributed by atoms with E-state index in [1.807, 2.05) is 0 Å². The van der Waals surface area contributed by atoms with Crippen molar-refractivity contribution in [1.29, 1.82) is 0 Å². The number of guanidine groups is 1. The zero-order chi connectivity index (χ0) is 10.6. The van der Waals surface area contributed by atoms with E-state index in [2.05, 4.69) is 3.21 Å². The molecule has 0 aliphatic carbocycles. The fraction of sp³-hybridized carbons (Fsp3) is 0. The lowest BCUT2D eigenvalue weighted by atomic mass is 10.3. The molecule has 0 saturated heterocycles. The lowest BCUT2D eigenvalue weighted by Crippen LogP contribution is -2.41. The molecule has 0 aliphatic heterocycles. The molecule has 1 aromatic carbocycles. The van der Waals surface area contributed by atoms with E-state index in [1.54, 1.807) is 53.2 Å². The first-order chi connectivity index (χ1) is 6.66. The lowest BCUT2D eigenvalue weighted by Gasteiger charge is -2.11. The molecule has 0 spiro atoms. The number of para-hydroxylation sites is 1. The van der Waals surface area contributed by atoms with Crippen molar-refractivity contribution in [3.05, 3.63) is 40.4 Å². The quantitative estimate of drug-likeness (QED) is 0.294. The average molecular weight is 306 g/mol. The molecule has 1 rings (SSSR count). The van der Waals surface area contributed by atoms with Crippen molar-refractivity contribution in [1.82, 2.24) is 0 Å². The predicted octanol–water partition coefficient (Wildman–Crippen LogP) is 1.35. The highest BCUT2D eigenvalue weighted by atomic mass is 127. The molecule has 0 amide bonds. The summed E-state index contributed by atoms with van der Waals surface area (Å²) in [6, 6.07) is 8.30. The minimum Gasteiger partial charge on any atom is -0.364 e. The number of halogens is 1. The second-order valence-electron chi connectivity index (χ2n) is 2.33. The number of nitrogens with two attached hydrogens (primary N) is 1. The molecule has 0 bridgehead atoms. The Bertz CT molecular complexity index is 354. The number of hydrogen-bond acceptors (Lipinski definition) is 3. The third kappa shape index (κ3) is 2.31. The number of hydrazine groups is 1. The Morgan fingerprint density at radius 2 is 2.07 bits per heavy atom. The number of anilines is 1. The summed E-state index contributed by atoms with van der Waals surface area (Å²) in [4.78, 5) is 10.7. The minimum atomic E-state index is -0.618. The van der Waals surface area contributed by atoms with Gasteiger partial charge in [0, 0.05) is 0 Å². The third-order valence-corrected chi connectivity index (χ3v) is 1.96. The Hall–Kier alpha value is -1.38. The molecule has 6 nitrogen and oxygen atoms in total. The number of rotatable bonds is 2. The molecule has 0 fully saturated rings. The molecule has 0 aliphatic rings. The molecule has 0 saturated carbocycles. The van der Waals surface area contributed by atoms with Crippen LogP contribution in [0.4, 0.5) is 5.69 Å². The zero-order valence-electron chi connectivity index (χ0n) is 7.00. The van der Waals surface area contributed by atoms with Gasteiger partial charge < -0.3 is 5.73 Å². The van der Waals surface area contributed by atoms with Crippen molar-refractivity contribution in [2.24, 2.45) is 8.94 Å². The van der Waals surface area contributed by atoms with Crippen LogP contribution in [-0.4, -0.2) is 11.0 Å². The van der Waals surface area contributed by atoms with Gasteiger partial charge in [-0.3, -0.25) is 0 Å². The first kappa shape index (κ1) is 10.7. The summed E-state index contributed by atoms with van der Waals surface area (Å²) in [6.45, 7) is 0. The van der Waals surface area contributed by atoms with Gasteiger partial charge in [-0.25, -0.2) is 10.1 Å². The maximum atomic E-state index is 10.7. The topological polar surface area (TPSA) is 84.8 Å². The Kier molecular flexibility index (Phi) is 3.63. The second-order valence-corrected chi connectivity index (χ2v) is 2.81. The Balaban J connectivity index is 3.08. The molecule has 0 unspecified atom stereocenters. The Morgan fingerprint density at radius 1 is 1.50 bits per heavy atom. The molecular formula is C7H7IN4O2. The van der Waals surface area contributed by atoms with Crippen LogP contribution in [0.25, 0.3) is 0 Å². The highest BCUT2D eigenvalue weighted by Crippen LogP contribution is 2.12. The lowest BCUT2D eigenvalue weighted by molar-refractivity contribution is -0.479. The van der Waals surface area contributed by atoms with Crippen LogP contribution >= 0.6 is 22.9 Å². The van der Waals surface area contributed by atoms with Crippen LogP contribution in [0.15, 0.2) is 33.5 Å². The summed E-state index contributed by atoms with van der Waals surface area (Å²) in [6.07, 6.45) is 0. The van der Waals surface area contributed by atoms with E-state index in [0.717, 1.165) is 0 Å². The van der Waals surface area contributed by atoms with E-state index in [4.69, 9.17) is 5.73 Å². The summed E-state index contributed by atoms with van der Waals surface area (Å²) in [5.74, 6) is -0.165. The highest BCUT2D eigenvalue weighted by Gasteiger charge is 2.21. The van der Waals surface area contributed by atoms with Crippen molar-refractivity contribution >= 4 is 34.5 Å².